The SMILES string of the molecule is O=C(O)C1=CC(=NNc2ccc(Sc3ccc(NN=C4C=CC(=O)C(C(=O)O)=C4)cc3)cc2)C=CC1=O. The minimum absolute atomic E-state index is 0.320. The number of hydrogen-bond acceptors (Lipinski definition) is 9. The summed E-state index contributed by atoms with van der Waals surface area (Å²) >= 11 is 1.53. The highest BCUT2D eigenvalue weighted by Gasteiger charge is 2.19. The van der Waals surface area contributed by atoms with Gasteiger partial charge in [-0.05, 0) is 85.0 Å². The van der Waals surface area contributed by atoms with Crippen molar-refractivity contribution < 1.29 is 29.4 Å². The third-order valence-corrected chi connectivity index (χ3v) is 5.98. The molecule has 2 aromatic carbocycles. The van der Waals surface area contributed by atoms with Crippen molar-refractivity contribution in [2.24, 2.45) is 10.2 Å². The van der Waals surface area contributed by atoms with E-state index in [4.69, 9.17) is 10.2 Å². The molecule has 0 saturated carbocycles. The number of hydrazone groups is 2. The average molecular weight is 515 g/mol. The summed E-state index contributed by atoms with van der Waals surface area (Å²) in [5, 5.41) is 26.3. The quantitative estimate of drug-likeness (QED) is 0.234. The van der Waals surface area contributed by atoms with Crippen LogP contribution in [0.15, 0.2) is 116 Å². The monoisotopic (exact) mass is 514 g/mol. The molecule has 0 aromatic heterocycles. The van der Waals surface area contributed by atoms with Crippen molar-refractivity contribution in [1.29, 1.82) is 0 Å². The van der Waals surface area contributed by atoms with Crippen molar-refractivity contribution in [2.45, 2.75) is 9.79 Å². The molecule has 0 atom stereocenters. The van der Waals surface area contributed by atoms with Crippen molar-refractivity contribution in [3.8, 4) is 0 Å². The van der Waals surface area contributed by atoms with E-state index < -0.39 is 23.5 Å². The maximum absolute atomic E-state index is 11.5. The summed E-state index contributed by atoms with van der Waals surface area (Å²) in [6, 6.07) is 14.9. The van der Waals surface area contributed by atoms with Crippen LogP contribution in [0.4, 0.5) is 11.4 Å². The summed E-state index contributed by atoms with van der Waals surface area (Å²) in [7, 11) is 0. The number of rotatable bonds is 8. The summed E-state index contributed by atoms with van der Waals surface area (Å²) in [5.74, 6) is -3.75. The molecule has 4 rings (SSSR count). The lowest BCUT2D eigenvalue weighted by Gasteiger charge is -2.08. The summed E-state index contributed by atoms with van der Waals surface area (Å²) in [6.07, 6.45) is 7.63. The first-order valence-electron chi connectivity index (χ1n) is 10.7. The van der Waals surface area contributed by atoms with E-state index in [-0.39, 0.29) is 11.1 Å². The molecule has 0 bridgehead atoms. The fraction of sp³-hybridized carbons (Fsp3) is 0. The molecule has 10 nitrogen and oxygen atoms in total. The van der Waals surface area contributed by atoms with Gasteiger partial charge >= 0.3 is 11.9 Å². The highest BCUT2D eigenvalue weighted by atomic mass is 32.2. The van der Waals surface area contributed by atoms with Gasteiger partial charge in [-0.2, -0.15) is 10.2 Å². The Labute approximate surface area is 214 Å². The molecule has 2 aliphatic carbocycles. The van der Waals surface area contributed by atoms with Crippen LogP contribution in [0.3, 0.4) is 0 Å². The molecule has 0 fully saturated rings. The lowest BCUT2D eigenvalue weighted by molar-refractivity contribution is -0.135. The van der Waals surface area contributed by atoms with Crippen LogP contribution in [0.25, 0.3) is 0 Å². The van der Waals surface area contributed by atoms with Gasteiger partial charge in [0.1, 0.15) is 11.1 Å². The van der Waals surface area contributed by atoms with E-state index >= 15 is 0 Å². The number of anilines is 2. The van der Waals surface area contributed by atoms with Crippen molar-refractivity contribution in [3.63, 3.8) is 0 Å². The second-order valence-electron chi connectivity index (χ2n) is 7.57. The zero-order valence-corrected chi connectivity index (χ0v) is 19.7. The van der Waals surface area contributed by atoms with Crippen LogP contribution < -0.4 is 10.9 Å². The Balaban J connectivity index is 1.34. The number of carbonyl (C=O) groups is 4. The standard InChI is InChI=1S/C26H18N4O6S/c31-23-11-5-17(13-21(23)25(33)34)29-27-15-1-7-19(8-2-15)37-20-9-3-16(4-10-20)28-30-18-6-12-24(32)22(14-18)26(35)36/h1-14,27-28H,(H,33,34)(H,35,36). The second kappa shape index (κ2) is 11.1. The topological polar surface area (TPSA) is 158 Å². The number of nitrogens with one attached hydrogen (secondary N) is 2. The zero-order valence-electron chi connectivity index (χ0n) is 18.9. The van der Waals surface area contributed by atoms with Crippen molar-refractivity contribution in [2.75, 3.05) is 10.9 Å². The molecule has 2 aromatic rings. The van der Waals surface area contributed by atoms with Crippen LogP contribution in [0.5, 0.6) is 0 Å². The molecular formula is C26H18N4O6S. The van der Waals surface area contributed by atoms with Gasteiger partial charge in [0, 0.05) is 9.79 Å². The van der Waals surface area contributed by atoms with Crippen LogP contribution in [-0.4, -0.2) is 45.1 Å². The lowest BCUT2D eigenvalue weighted by atomic mass is 10.0. The first kappa shape index (κ1) is 25.1. The zero-order chi connectivity index (χ0) is 26.4. The number of ketones is 2. The first-order chi connectivity index (χ1) is 17.8. The van der Waals surface area contributed by atoms with E-state index in [1.807, 2.05) is 48.5 Å². The van der Waals surface area contributed by atoms with Gasteiger partial charge in [-0.1, -0.05) is 11.8 Å². The molecule has 0 saturated heterocycles. The van der Waals surface area contributed by atoms with Gasteiger partial charge in [0.15, 0.2) is 11.6 Å². The second-order valence-corrected chi connectivity index (χ2v) is 8.72. The lowest BCUT2D eigenvalue weighted by Crippen LogP contribution is -2.15. The Bertz CT molecular complexity index is 1350. The maximum Gasteiger partial charge on any atom is 0.339 e. The highest BCUT2D eigenvalue weighted by Crippen LogP contribution is 2.29. The average Bonchev–Trinajstić information content (AvgIpc) is 2.89. The van der Waals surface area contributed by atoms with Gasteiger partial charge in [-0.15, -0.1) is 0 Å². The molecule has 4 N–H and O–H groups in total. The Morgan fingerprint density at radius 3 is 1.35 bits per heavy atom. The summed E-state index contributed by atoms with van der Waals surface area (Å²) in [4.78, 5) is 47.2. The van der Waals surface area contributed by atoms with E-state index in [0.717, 1.165) is 9.79 Å². The summed E-state index contributed by atoms with van der Waals surface area (Å²) < 4.78 is 0. The Morgan fingerprint density at radius 1 is 0.622 bits per heavy atom. The van der Waals surface area contributed by atoms with Gasteiger partial charge in [0.2, 0.25) is 0 Å². The van der Waals surface area contributed by atoms with E-state index in [9.17, 15) is 19.2 Å². The number of carboxylic acid groups (broad SMARTS) is 2. The Morgan fingerprint density at radius 2 is 1.00 bits per heavy atom. The predicted octanol–water partition coefficient (Wildman–Crippen LogP) is 3.67. The minimum atomic E-state index is -1.30. The van der Waals surface area contributed by atoms with Crippen molar-refractivity contribution in [3.05, 3.63) is 96.1 Å². The molecule has 0 amide bonds. The number of nitrogens with zero attached hydrogens (tertiary/aromatic N) is 2. The molecule has 0 unspecified atom stereocenters. The van der Waals surface area contributed by atoms with Gasteiger partial charge in [0.25, 0.3) is 0 Å². The fourth-order valence-electron chi connectivity index (χ4n) is 3.10. The number of carboxylic acids is 2. The summed E-state index contributed by atoms with van der Waals surface area (Å²) in [5.41, 5.74) is 7.01. The van der Waals surface area contributed by atoms with Crippen LogP contribution in [0, 0.1) is 0 Å². The van der Waals surface area contributed by atoms with Crippen LogP contribution in [0.1, 0.15) is 0 Å². The van der Waals surface area contributed by atoms with Crippen LogP contribution in [0.2, 0.25) is 0 Å². The Hall–Kier alpha value is -5.03. The van der Waals surface area contributed by atoms with Gasteiger partial charge < -0.3 is 10.2 Å². The molecule has 11 heteroatoms. The first-order valence-corrected chi connectivity index (χ1v) is 11.5. The van der Waals surface area contributed by atoms with E-state index in [1.165, 1.54) is 48.2 Å². The van der Waals surface area contributed by atoms with Crippen LogP contribution in [-0.2, 0) is 19.2 Å². The minimum Gasteiger partial charge on any atom is -0.478 e. The third-order valence-electron chi connectivity index (χ3n) is 4.96. The molecular weight excluding hydrogens is 496 g/mol. The molecule has 0 spiro atoms. The van der Waals surface area contributed by atoms with Gasteiger partial charge in [-0.3, -0.25) is 20.4 Å². The highest BCUT2D eigenvalue weighted by molar-refractivity contribution is 7.99. The third kappa shape index (κ3) is 6.55. The number of benzene rings is 2. The van der Waals surface area contributed by atoms with Gasteiger partial charge in [0.05, 0.1) is 22.8 Å². The number of allylic oxidation sites excluding steroid dienone is 6. The smallest absolute Gasteiger partial charge is 0.339 e. The fourth-order valence-corrected chi connectivity index (χ4v) is 3.92. The van der Waals surface area contributed by atoms with E-state index in [0.29, 0.717) is 22.8 Å². The predicted molar refractivity (Wildman–Crippen MR) is 139 cm³/mol. The van der Waals surface area contributed by atoms with Crippen molar-refractivity contribution >= 4 is 58.1 Å². The maximum atomic E-state index is 11.5. The number of carbonyl (C=O) groups excluding carboxylic acids is 2. The molecule has 0 radical (unpaired) electrons. The van der Waals surface area contributed by atoms with E-state index in [2.05, 4.69) is 21.1 Å². The van der Waals surface area contributed by atoms with Gasteiger partial charge in [-0.25, -0.2) is 9.59 Å². The molecule has 37 heavy (non-hydrogen) atoms. The number of aliphatic carboxylic acids is 2. The molecule has 0 heterocycles. The Kier molecular flexibility index (Phi) is 7.55. The number of hydrogen-bond donors (Lipinski definition) is 4. The van der Waals surface area contributed by atoms with Crippen LogP contribution >= 0.6 is 11.8 Å². The van der Waals surface area contributed by atoms with E-state index in [1.54, 1.807) is 0 Å². The van der Waals surface area contributed by atoms with Crippen molar-refractivity contribution in [1.82, 2.24) is 0 Å². The summed E-state index contributed by atoms with van der Waals surface area (Å²) in [6.45, 7) is 0. The molecule has 184 valence electrons. The largest absolute Gasteiger partial charge is 0.478 e. The molecule has 0 aliphatic heterocycles. The normalized spacial score (nSPS) is 17.0. The molecule has 2 aliphatic rings.